The van der Waals surface area contributed by atoms with Gasteiger partial charge in [0.15, 0.2) is 0 Å². The summed E-state index contributed by atoms with van der Waals surface area (Å²) in [5.74, 6) is 0.615. The minimum absolute atomic E-state index is 0.615. The van der Waals surface area contributed by atoms with Gasteiger partial charge in [0.05, 0.1) is 11.4 Å². The maximum atomic E-state index is 2.48. The van der Waals surface area contributed by atoms with Crippen molar-refractivity contribution in [1.82, 2.24) is 4.90 Å². The van der Waals surface area contributed by atoms with Crippen molar-refractivity contribution in [2.75, 3.05) is 32.1 Å². The zero-order chi connectivity index (χ0) is 14.8. The fourth-order valence-electron chi connectivity index (χ4n) is 2.97. The maximum absolute atomic E-state index is 2.48. The van der Waals surface area contributed by atoms with Crippen LogP contribution in [0.15, 0.2) is 58.3 Å². The Morgan fingerprint density at radius 1 is 0.952 bits per heavy atom. The second-order valence-electron chi connectivity index (χ2n) is 6.02. The molecule has 0 N–H and O–H groups in total. The van der Waals surface area contributed by atoms with E-state index >= 15 is 0 Å². The van der Waals surface area contributed by atoms with E-state index in [0.717, 1.165) is 13.1 Å². The first kappa shape index (κ1) is 14.5. The van der Waals surface area contributed by atoms with Crippen molar-refractivity contribution in [3.63, 3.8) is 0 Å². The lowest BCUT2D eigenvalue weighted by Crippen LogP contribution is -2.31. The molecule has 3 rings (SSSR count). The molecule has 2 nitrogen and oxygen atoms in total. The van der Waals surface area contributed by atoms with Crippen molar-refractivity contribution in [2.45, 2.75) is 16.7 Å². The van der Waals surface area contributed by atoms with Crippen molar-refractivity contribution >= 4 is 23.1 Å². The molecule has 1 atom stereocenters. The smallest absolute Gasteiger partial charge is 0.0552 e. The molecule has 2 aromatic carbocycles. The fraction of sp³-hybridized carbons (Fsp3) is 0.333. The molecule has 3 heteroatoms. The minimum Gasteiger partial charge on any atom is -0.339 e. The van der Waals surface area contributed by atoms with Crippen LogP contribution in [0, 0.1) is 5.92 Å². The highest BCUT2D eigenvalue weighted by Gasteiger charge is 2.23. The molecular weight excluding hydrogens is 276 g/mol. The molecule has 0 unspecified atom stereocenters. The third-order valence-electron chi connectivity index (χ3n) is 3.70. The highest BCUT2D eigenvalue weighted by Crippen LogP contribution is 2.47. The van der Waals surface area contributed by atoms with Crippen molar-refractivity contribution in [1.29, 1.82) is 0 Å². The molecule has 21 heavy (non-hydrogen) atoms. The standard InChI is InChI=1S/C18H22N2S/c1-14(12-19(2)3)13-20-15-8-4-6-10-17(15)21-18-11-7-5-9-16(18)20/h4-11,14H,12-13H2,1-3H3/t14-/m1/s1. The van der Waals surface area contributed by atoms with E-state index in [9.17, 15) is 0 Å². The first-order chi connectivity index (χ1) is 10.1. The van der Waals surface area contributed by atoms with Gasteiger partial charge in [-0.05, 0) is 44.3 Å². The number of nitrogens with zero attached hydrogens (tertiary/aromatic N) is 2. The third-order valence-corrected chi connectivity index (χ3v) is 4.83. The first-order valence-electron chi connectivity index (χ1n) is 7.43. The average Bonchev–Trinajstić information content (AvgIpc) is 2.46. The fourth-order valence-corrected chi connectivity index (χ4v) is 4.07. The molecule has 110 valence electrons. The van der Waals surface area contributed by atoms with E-state index in [1.807, 2.05) is 11.8 Å². The van der Waals surface area contributed by atoms with E-state index in [0.29, 0.717) is 5.92 Å². The van der Waals surface area contributed by atoms with Gasteiger partial charge in [0.2, 0.25) is 0 Å². The van der Waals surface area contributed by atoms with Crippen LogP contribution < -0.4 is 4.90 Å². The van der Waals surface area contributed by atoms with E-state index in [4.69, 9.17) is 0 Å². The van der Waals surface area contributed by atoms with E-state index in [1.54, 1.807) is 0 Å². The highest BCUT2D eigenvalue weighted by atomic mass is 32.2. The SMILES string of the molecule is C[C@H](CN(C)C)CN1c2ccccc2Sc2ccccc21. The second-order valence-corrected chi connectivity index (χ2v) is 7.10. The molecule has 1 heterocycles. The summed E-state index contributed by atoms with van der Waals surface area (Å²) in [6.07, 6.45) is 0. The van der Waals surface area contributed by atoms with Crippen LogP contribution in [0.2, 0.25) is 0 Å². The van der Waals surface area contributed by atoms with Gasteiger partial charge in [0.1, 0.15) is 0 Å². The van der Waals surface area contributed by atoms with Gasteiger partial charge in [0, 0.05) is 22.9 Å². The Hall–Kier alpha value is -1.45. The molecule has 0 saturated heterocycles. The number of hydrogen-bond acceptors (Lipinski definition) is 3. The normalized spacial score (nSPS) is 14.8. The molecule has 0 saturated carbocycles. The maximum Gasteiger partial charge on any atom is 0.0552 e. The predicted molar refractivity (Wildman–Crippen MR) is 91.7 cm³/mol. The molecule has 0 radical (unpaired) electrons. The quantitative estimate of drug-likeness (QED) is 0.821. The Labute approximate surface area is 131 Å². The zero-order valence-corrected chi connectivity index (χ0v) is 13.7. The molecule has 0 bridgehead atoms. The Balaban J connectivity index is 1.95. The molecule has 0 fully saturated rings. The Bertz CT molecular complexity index is 579. The number of rotatable bonds is 4. The summed E-state index contributed by atoms with van der Waals surface area (Å²) in [4.78, 5) is 7.46. The Kier molecular flexibility index (Phi) is 4.22. The van der Waals surface area contributed by atoms with Gasteiger partial charge in [-0.3, -0.25) is 0 Å². The second kappa shape index (κ2) is 6.12. The molecular formula is C18H22N2S. The average molecular weight is 298 g/mol. The Morgan fingerprint density at radius 3 is 2.00 bits per heavy atom. The van der Waals surface area contributed by atoms with E-state index in [1.165, 1.54) is 21.2 Å². The first-order valence-corrected chi connectivity index (χ1v) is 8.25. The van der Waals surface area contributed by atoms with Crippen LogP contribution in [0.1, 0.15) is 6.92 Å². The van der Waals surface area contributed by atoms with Crippen molar-refractivity contribution in [2.24, 2.45) is 5.92 Å². The molecule has 1 aliphatic heterocycles. The predicted octanol–water partition coefficient (Wildman–Crippen LogP) is 4.49. The number of hydrogen-bond donors (Lipinski definition) is 0. The topological polar surface area (TPSA) is 6.48 Å². The van der Waals surface area contributed by atoms with Gasteiger partial charge in [-0.15, -0.1) is 0 Å². The lowest BCUT2D eigenvalue weighted by molar-refractivity contribution is 0.343. The van der Waals surface area contributed by atoms with E-state index in [-0.39, 0.29) is 0 Å². The summed E-state index contributed by atoms with van der Waals surface area (Å²) in [6.45, 7) is 4.48. The summed E-state index contributed by atoms with van der Waals surface area (Å²) in [7, 11) is 4.29. The largest absolute Gasteiger partial charge is 0.339 e. The molecule has 0 spiro atoms. The molecule has 2 aromatic rings. The van der Waals surface area contributed by atoms with Crippen LogP contribution in [-0.4, -0.2) is 32.1 Å². The molecule has 0 amide bonds. The van der Waals surface area contributed by atoms with Crippen LogP contribution in [0.5, 0.6) is 0 Å². The summed E-state index contributed by atoms with van der Waals surface area (Å²) >= 11 is 1.88. The number of benzene rings is 2. The lowest BCUT2D eigenvalue weighted by Gasteiger charge is -2.35. The highest BCUT2D eigenvalue weighted by molar-refractivity contribution is 7.99. The Morgan fingerprint density at radius 2 is 1.48 bits per heavy atom. The number of fused-ring (bicyclic) bond motifs is 2. The van der Waals surface area contributed by atoms with Gasteiger partial charge in [-0.2, -0.15) is 0 Å². The van der Waals surface area contributed by atoms with Gasteiger partial charge in [-0.25, -0.2) is 0 Å². The van der Waals surface area contributed by atoms with Crippen LogP contribution in [0.4, 0.5) is 11.4 Å². The number of para-hydroxylation sites is 2. The van der Waals surface area contributed by atoms with Crippen molar-refractivity contribution in [3.8, 4) is 0 Å². The van der Waals surface area contributed by atoms with Crippen molar-refractivity contribution in [3.05, 3.63) is 48.5 Å². The molecule has 1 aliphatic rings. The summed E-state index contributed by atoms with van der Waals surface area (Å²) in [5, 5.41) is 0. The van der Waals surface area contributed by atoms with Gasteiger partial charge < -0.3 is 9.80 Å². The molecule has 0 aliphatic carbocycles. The minimum atomic E-state index is 0.615. The van der Waals surface area contributed by atoms with Crippen LogP contribution in [-0.2, 0) is 0 Å². The summed E-state index contributed by atoms with van der Waals surface area (Å²) in [6, 6.07) is 17.4. The van der Waals surface area contributed by atoms with Crippen molar-refractivity contribution < 1.29 is 0 Å². The monoisotopic (exact) mass is 298 g/mol. The van der Waals surface area contributed by atoms with Gasteiger partial charge in [-0.1, -0.05) is 43.0 Å². The zero-order valence-electron chi connectivity index (χ0n) is 12.9. The summed E-state index contributed by atoms with van der Waals surface area (Å²) < 4.78 is 0. The van der Waals surface area contributed by atoms with Gasteiger partial charge >= 0.3 is 0 Å². The third kappa shape index (κ3) is 3.09. The molecule has 0 aromatic heterocycles. The lowest BCUT2D eigenvalue weighted by atomic mass is 10.1. The van der Waals surface area contributed by atoms with E-state index < -0.39 is 0 Å². The van der Waals surface area contributed by atoms with Crippen LogP contribution in [0.3, 0.4) is 0 Å². The summed E-state index contributed by atoms with van der Waals surface area (Å²) in [5.41, 5.74) is 2.68. The van der Waals surface area contributed by atoms with Crippen LogP contribution >= 0.6 is 11.8 Å². The van der Waals surface area contributed by atoms with E-state index in [2.05, 4.69) is 79.3 Å². The number of anilines is 2. The van der Waals surface area contributed by atoms with Gasteiger partial charge in [0.25, 0.3) is 0 Å². The van der Waals surface area contributed by atoms with Crippen LogP contribution in [0.25, 0.3) is 0 Å².